The van der Waals surface area contributed by atoms with Crippen LogP contribution in [0.25, 0.3) is 11.1 Å². The molecule has 0 spiro atoms. The Bertz CT molecular complexity index is 709. The van der Waals surface area contributed by atoms with Crippen molar-refractivity contribution in [3.63, 3.8) is 0 Å². The van der Waals surface area contributed by atoms with E-state index < -0.39 is 0 Å². The molecule has 0 bridgehead atoms. The molecule has 0 saturated heterocycles. The molecule has 1 aromatic carbocycles. The molecule has 1 fully saturated rings. The van der Waals surface area contributed by atoms with Crippen molar-refractivity contribution in [2.75, 3.05) is 37.5 Å². The van der Waals surface area contributed by atoms with E-state index in [2.05, 4.69) is 10.3 Å². The van der Waals surface area contributed by atoms with E-state index >= 15 is 0 Å². The zero-order chi connectivity index (χ0) is 17.1. The van der Waals surface area contributed by atoms with Crippen molar-refractivity contribution in [1.29, 1.82) is 0 Å². The number of aliphatic hydroxyl groups is 1. The maximum Gasteiger partial charge on any atom is 0.322 e. The highest BCUT2D eigenvalue weighted by Gasteiger charge is 2.32. The summed E-state index contributed by atoms with van der Waals surface area (Å²) in [5, 5.41) is 11.9. The van der Waals surface area contributed by atoms with Crippen LogP contribution < -0.4 is 10.2 Å². The predicted molar refractivity (Wildman–Crippen MR) is 93.4 cm³/mol. The summed E-state index contributed by atoms with van der Waals surface area (Å²) < 4.78 is 5.62. The molecule has 1 saturated carbocycles. The van der Waals surface area contributed by atoms with Crippen LogP contribution in [0.1, 0.15) is 25.7 Å². The highest BCUT2D eigenvalue weighted by molar-refractivity contribution is 5.92. The lowest BCUT2D eigenvalue weighted by Crippen LogP contribution is -2.37. The molecular weight excluding hydrogens is 308 g/mol. The van der Waals surface area contributed by atoms with Gasteiger partial charge < -0.3 is 24.6 Å². The fourth-order valence-corrected chi connectivity index (χ4v) is 2.61. The van der Waals surface area contributed by atoms with Crippen LogP contribution in [0.3, 0.4) is 0 Å². The molecule has 0 aliphatic heterocycles. The summed E-state index contributed by atoms with van der Waals surface area (Å²) in [6.45, 7) is 0.838. The van der Waals surface area contributed by atoms with Crippen molar-refractivity contribution in [2.45, 2.75) is 31.7 Å². The van der Waals surface area contributed by atoms with E-state index in [1.54, 1.807) is 4.90 Å². The number of anilines is 2. The number of aromatic nitrogens is 1. The summed E-state index contributed by atoms with van der Waals surface area (Å²) in [4.78, 5) is 20.6. The molecule has 0 atom stereocenters. The van der Waals surface area contributed by atoms with Gasteiger partial charge in [-0.05, 0) is 43.9 Å². The van der Waals surface area contributed by atoms with Gasteiger partial charge in [0.05, 0.1) is 0 Å². The summed E-state index contributed by atoms with van der Waals surface area (Å²) in [5.74, 6) is 0. The number of carbonyl (C=O) groups is 1. The van der Waals surface area contributed by atoms with Crippen LogP contribution in [0.15, 0.2) is 22.6 Å². The van der Waals surface area contributed by atoms with Crippen molar-refractivity contribution in [2.24, 2.45) is 0 Å². The summed E-state index contributed by atoms with van der Waals surface area (Å²) in [5.41, 5.74) is 2.12. The molecule has 24 heavy (non-hydrogen) atoms. The van der Waals surface area contributed by atoms with Crippen LogP contribution >= 0.6 is 0 Å². The Labute approximate surface area is 141 Å². The maximum absolute atomic E-state index is 12.5. The van der Waals surface area contributed by atoms with Gasteiger partial charge in [0.15, 0.2) is 5.58 Å². The van der Waals surface area contributed by atoms with Crippen molar-refractivity contribution in [1.82, 2.24) is 9.88 Å². The van der Waals surface area contributed by atoms with Crippen LogP contribution in [0.2, 0.25) is 0 Å². The fourth-order valence-electron chi connectivity index (χ4n) is 2.61. The van der Waals surface area contributed by atoms with E-state index in [0.29, 0.717) is 36.3 Å². The molecule has 7 heteroatoms. The first-order chi connectivity index (χ1) is 11.6. The quantitative estimate of drug-likeness (QED) is 0.762. The third-order valence-electron chi connectivity index (χ3n) is 4.07. The normalized spacial score (nSPS) is 14.0. The monoisotopic (exact) mass is 332 g/mol. The number of unbranched alkanes of at least 4 members (excludes halogenated alkanes) is 1. The number of aliphatic hydroxyl groups excluding tert-OH is 1. The Morgan fingerprint density at radius 1 is 1.38 bits per heavy atom. The molecular formula is C17H24N4O3. The lowest BCUT2D eigenvalue weighted by atomic mass is 10.3. The number of amides is 2. The van der Waals surface area contributed by atoms with E-state index in [9.17, 15) is 4.79 Å². The fraction of sp³-hybridized carbons (Fsp3) is 0.529. The summed E-state index contributed by atoms with van der Waals surface area (Å²) in [7, 11) is 3.74. The molecule has 130 valence electrons. The van der Waals surface area contributed by atoms with Gasteiger partial charge >= 0.3 is 6.03 Å². The van der Waals surface area contributed by atoms with Crippen LogP contribution in [0, 0.1) is 0 Å². The van der Waals surface area contributed by atoms with Crippen molar-refractivity contribution >= 4 is 28.8 Å². The average Bonchev–Trinajstić information content (AvgIpc) is 3.29. The van der Waals surface area contributed by atoms with Gasteiger partial charge in [0.1, 0.15) is 5.52 Å². The predicted octanol–water partition coefficient (Wildman–Crippen LogP) is 2.66. The van der Waals surface area contributed by atoms with E-state index in [1.807, 2.05) is 37.2 Å². The minimum atomic E-state index is -0.0916. The highest BCUT2D eigenvalue weighted by atomic mass is 16.4. The van der Waals surface area contributed by atoms with Crippen molar-refractivity contribution < 1.29 is 14.3 Å². The molecule has 1 heterocycles. The van der Waals surface area contributed by atoms with Crippen LogP contribution in [0.5, 0.6) is 0 Å². The minimum Gasteiger partial charge on any atom is -0.423 e. The topological polar surface area (TPSA) is 81.8 Å². The third kappa shape index (κ3) is 3.79. The zero-order valence-electron chi connectivity index (χ0n) is 14.2. The molecule has 3 rings (SSSR count). The molecule has 2 aromatic rings. The number of carbonyl (C=O) groups excluding carboxylic acids is 1. The van der Waals surface area contributed by atoms with Gasteiger partial charge in [0.25, 0.3) is 6.01 Å². The van der Waals surface area contributed by atoms with Gasteiger partial charge in [-0.1, -0.05) is 0 Å². The van der Waals surface area contributed by atoms with Crippen LogP contribution in [0.4, 0.5) is 16.5 Å². The Balaban J connectivity index is 1.69. The first-order valence-electron chi connectivity index (χ1n) is 8.35. The second-order valence-electron chi connectivity index (χ2n) is 6.36. The number of nitrogens with zero attached hydrogens (tertiary/aromatic N) is 3. The SMILES string of the molecule is CN(C)c1nc2cc(NC(=O)N(CCCCO)C3CC3)ccc2o1. The number of urea groups is 1. The molecule has 2 amide bonds. The van der Waals surface area contributed by atoms with E-state index in [-0.39, 0.29) is 12.6 Å². The zero-order valence-corrected chi connectivity index (χ0v) is 14.2. The Hall–Kier alpha value is -2.28. The second-order valence-corrected chi connectivity index (χ2v) is 6.36. The van der Waals surface area contributed by atoms with Gasteiger partial charge in [-0.25, -0.2) is 4.79 Å². The summed E-state index contributed by atoms with van der Waals surface area (Å²) in [6, 6.07) is 6.24. The minimum absolute atomic E-state index is 0.0916. The maximum atomic E-state index is 12.5. The number of nitrogens with one attached hydrogen (secondary N) is 1. The van der Waals surface area contributed by atoms with Gasteiger partial charge in [-0.2, -0.15) is 4.98 Å². The molecule has 1 aliphatic rings. The van der Waals surface area contributed by atoms with Crippen LogP contribution in [-0.2, 0) is 0 Å². The van der Waals surface area contributed by atoms with Crippen molar-refractivity contribution in [3.8, 4) is 0 Å². The number of hydrogen-bond donors (Lipinski definition) is 2. The highest BCUT2D eigenvalue weighted by Crippen LogP contribution is 2.28. The number of oxazole rings is 1. The largest absolute Gasteiger partial charge is 0.423 e. The van der Waals surface area contributed by atoms with Gasteiger partial charge in [-0.3, -0.25) is 0 Å². The molecule has 1 aliphatic carbocycles. The number of rotatable bonds is 7. The van der Waals surface area contributed by atoms with E-state index in [4.69, 9.17) is 9.52 Å². The number of hydrogen-bond acceptors (Lipinski definition) is 5. The molecule has 1 aromatic heterocycles. The number of benzene rings is 1. The summed E-state index contributed by atoms with van der Waals surface area (Å²) >= 11 is 0. The molecule has 2 N–H and O–H groups in total. The van der Waals surface area contributed by atoms with E-state index in [1.165, 1.54) is 0 Å². The Kier molecular flexibility index (Phi) is 4.89. The van der Waals surface area contributed by atoms with Gasteiger partial charge in [0.2, 0.25) is 0 Å². The van der Waals surface area contributed by atoms with Crippen LogP contribution in [-0.4, -0.2) is 54.3 Å². The molecule has 0 unspecified atom stereocenters. The summed E-state index contributed by atoms with van der Waals surface area (Å²) in [6.07, 6.45) is 3.64. The molecule has 7 nitrogen and oxygen atoms in total. The van der Waals surface area contributed by atoms with Gasteiger partial charge in [-0.15, -0.1) is 0 Å². The van der Waals surface area contributed by atoms with Crippen molar-refractivity contribution in [3.05, 3.63) is 18.2 Å². The Morgan fingerprint density at radius 3 is 2.83 bits per heavy atom. The standard InChI is InChI=1S/C17H24N4O3/c1-20(2)17-19-14-11-12(5-8-15(14)24-17)18-16(23)21(13-6-7-13)9-3-4-10-22/h5,8,11,13,22H,3-4,6-7,9-10H2,1-2H3,(H,18,23). The smallest absolute Gasteiger partial charge is 0.322 e. The number of fused-ring (bicyclic) bond motifs is 1. The average molecular weight is 332 g/mol. The molecule has 0 radical (unpaired) electrons. The lowest BCUT2D eigenvalue weighted by molar-refractivity contribution is 0.204. The van der Waals surface area contributed by atoms with Gasteiger partial charge in [0, 0.05) is 39.0 Å². The third-order valence-corrected chi connectivity index (χ3v) is 4.07. The first kappa shape index (κ1) is 16.6. The lowest BCUT2D eigenvalue weighted by Gasteiger charge is -2.22. The Morgan fingerprint density at radius 2 is 2.17 bits per heavy atom. The van der Waals surface area contributed by atoms with E-state index in [0.717, 1.165) is 24.8 Å². The second kappa shape index (κ2) is 7.09. The first-order valence-corrected chi connectivity index (χ1v) is 8.35.